The lowest BCUT2D eigenvalue weighted by Crippen LogP contribution is -2.19. The van der Waals surface area contributed by atoms with Crippen LogP contribution in [0.5, 0.6) is 5.75 Å². The molecule has 0 aliphatic carbocycles. The van der Waals surface area contributed by atoms with Crippen molar-refractivity contribution in [1.82, 2.24) is 24.6 Å². The van der Waals surface area contributed by atoms with E-state index >= 15 is 0 Å². The Kier molecular flexibility index (Phi) is 4.29. The molecule has 0 fully saturated rings. The molecule has 0 atom stereocenters. The third-order valence-electron chi connectivity index (χ3n) is 5.01. The number of halogens is 3. The second-order valence-corrected chi connectivity index (χ2v) is 6.99. The molecule has 32 heavy (non-hydrogen) atoms. The van der Waals surface area contributed by atoms with Crippen molar-refractivity contribution in [2.24, 2.45) is 0 Å². The molecule has 0 radical (unpaired) electrons. The highest BCUT2D eigenvalue weighted by molar-refractivity contribution is 5.83. The zero-order valence-corrected chi connectivity index (χ0v) is 16.7. The number of nitrogens with zero attached hydrogens (tertiary/aromatic N) is 4. The van der Waals surface area contributed by atoms with Gasteiger partial charge < -0.3 is 14.1 Å². The number of pyridine rings is 1. The molecule has 0 amide bonds. The fourth-order valence-electron chi connectivity index (χ4n) is 3.60. The number of alkyl halides is 3. The van der Waals surface area contributed by atoms with Gasteiger partial charge in [-0.05, 0) is 12.5 Å². The van der Waals surface area contributed by atoms with Crippen LogP contribution in [-0.2, 0) is 6.18 Å². The van der Waals surface area contributed by atoms with Crippen molar-refractivity contribution < 1.29 is 22.3 Å². The molecule has 1 N–H and O–H groups in total. The van der Waals surface area contributed by atoms with E-state index in [-0.39, 0.29) is 39.5 Å². The Hall–Kier alpha value is -4.15. The number of fused-ring (bicyclic) bond motifs is 2. The smallest absolute Gasteiger partial charge is 0.435 e. The molecule has 4 heterocycles. The SMILES string of the molecule is COc1cncc2oc(-c3c(C)[nH]c4c(-c5ccccc5)c(C(F)(F)F)nn4c3=O)nc12. The predicted molar refractivity (Wildman–Crippen MR) is 108 cm³/mol. The third-order valence-corrected chi connectivity index (χ3v) is 5.01. The summed E-state index contributed by atoms with van der Waals surface area (Å²) in [4.78, 5) is 24.4. The molecule has 162 valence electrons. The minimum Gasteiger partial charge on any atom is -0.493 e. The monoisotopic (exact) mass is 441 g/mol. The Morgan fingerprint density at radius 3 is 2.56 bits per heavy atom. The van der Waals surface area contributed by atoms with Crippen LogP contribution in [0.3, 0.4) is 0 Å². The Bertz CT molecular complexity index is 1530. The highest BCUT2D eigenvalue weighted by Gasteiger charge is 2.39. The first kappa shape index (κ1) is 19.8. The van der Waals surface area contributed by atoms with E-state index in [1.807, 2.05) is 0 Å². The van der Waals surface area contributed by atoms with Crippen molar-refractivity contribution in [3.8, 4) is 28.3 Å². The predicted octanol–water partition coefficient (Wildman–Crippen LogP) is 4.23. The number of hydrogen-bond donors (Lipinski definition) is 1. The largest absolute Gasteiger partial charge is 0.493 e. The zero-order valence-electron chi connectivity index (χ0n) is 16.7. The quantitative estimate of drug-likeness (QED) is 0.450. The summed E-state index contributed by atoms with van der Waals surface area (Å²) < 4.78 is 53.0. The maximum atomic E-state index is 13.8. The molecule has 0 spiro atoms. The topological polar surface area (TPSA) is 98.3 Å². The van der Waals surface area contributed by atoms with Gasteiger partial charge in [0.2, 0.25) is 5.89 Å². The number of hydrogen-bond acceptors (Lipinski definition) is 6. The fraction of sp³-hybridized carbons (Fsp3) is 0.143. The number of rotatable bonds is 3. The molecule has 8 nitrogen and oxygen atoms in total. The Morgan fingerprint density at radius 2 is 1.88 bits per heavy atom. The summed E-state index contributed by atoms with van der Waals surface area (Å²) in [6.45, 7) is 1.55. The number of nitrogens with one attached hydrogen (secondary N) is 1. The summed E-state index contributed by atoms with van der Waals surface area (Å²) in [7, 11) is 1.43. The number of benzene rings is 1. The maximum Gasteiger partial charge on any atom is 0.435 e. The van der Waals surface area contributed by atoms with Crippen LogP contribution in [-0.4, -0.2) is 31.7 Å². The molecule has 11 heteroatoms. The number of aryl methyl sites for hydroxylation is 1. The van der Waals surface area contributed by atoms with Crippen LogP contribution in [0.15, 0.2) is 51.9 Å². The zero-order chi connectivity index (χ0) is 22.6. The minimum absolute atomic E-state index is 0.0495. The van der Waals surface area contributed by atoms with E-state index in [9.17, 15) is 18.0 Å². The summed E-state index contributed by atoms with van der Waals surface area (Å²) in [5, 5.41) is 3.62. The lowest BCUT2D eigenvalue weighted by Gasteiger charge is -2.07. The third kappa shape index (κ3) is 2.93. The first-order valence-corrected chi connectivity index (χ1v) is 9.36. The summed E-state index contributed by atoms with van der Waals surface area (Å²) in [6.07, 6.45) is -1.94. The van der Waals surface area contributed by atoms with Crippen LogP contribution < -0.4 is 10.3 Å². The molecule has 4 aromatic heterocycles. The van der Waals surface area contributed by atoms with Gasteiger partial charge in [-0.2, -0.15) is 22.8 Å². The highest BCUT2D eigenvalue weighted by Crippen LogP contribution is 2.38. The van der Waals surface area contributed by atoms with Crippen LogP contribution in [0, 0.1) is 6.92 Å². The van der Waals surface area contributed by atoms with E-state index in [1.165, 1.54) is 31.6 Å². The summed E-state index contributed by atoms with van der Waals surface area (Å²) >= 11 is 0. The van der Waals surface area contributed by atoms with Crippen molar-refractivity contribution >= 4 is 16.7 Å². The Balaban J connectivity index is 1.82. The van der Waals surface area contributed by atoms with Crippen molar-refractivity contribution in [3.63, 3.8) is 0 Å². The van der Waals surface area contributed by atoms with Gasteiger partial charge in [0.05, 0.1) is 25.1 Å². The van der Waals surface area contributed by atoms with Crippen LogP contribution >= 0.6 is 0 Å². The first-order valence-electron chi connectivity index (χ1n) is 9.36. The Morgan fingerprint density at radius 1 is 1.12 bits per heavy atom. The molecular formula is C21H14F3N5O3. The maximum absolute atomic E-state index is 13.8. The van der Waals surface area contributed by atoms with Crippen molar-refractivity contribution in [3.05, 3.63) is 64.5 Å². The van der Waals surface area contributed by atoms with Gasteiger partial charge in [0, 0.05) is 5.69 Å². The molecule has 0 aliphatic heterocycles. The number of methoxy groups -OCH3 is 1. The van der Waals surface area contributed by atoms with Gasteiger partial charge in [-0.1, -0.05) is 30.3 Å². The average molecular weight is 441 g/mol. The van der Waals surface area contributed by atoms with Gasteiger partial charge in [0.15, 0.2) is 22.5 Å². The van der Waals surface area contributed by atoms with Gasteiger partial charge in [0.25, 0.3) is 5.56 Å². The highest BCUT2D eigenvalue weighted by atomic mass is 19.4. The molecule has 0 aliphatic rings. The number of ether oxygens (including phenoxy) is 1. The second kappa shape index (κ2) is 6.94. The fourth-order valence-corrected chi connectivity index (χ4v) is 3.60. The van der Waals surface area contributed by atoms with Gasteiger partial charge in [-0.3, -0.25) is 9.78 Å². The van der Waals surface area contributed by atoms with Crippen LogP contribution in [0.1, 0.15) is 11.4 Å². The van der Waals surface area contributed by atoms with Gasteiger partial charge in [-0.25, -0.2) is 4.98 Å². The number of H-pyrrole nitrogens is 1. The van der Waals surface area contributed by atoms with Crippen molar-refractivity contribution in [2.75, 3.05) is 7.11 Å². The molecule has 5 rings (SSSR count). The number of aromatic nitrogens is 5. The molecule has 0 bridgehead atoms. The van der Waals surface area contributed by atoms with Gasteiger partial charge in [-0.15, -0.1) is 0 Å². The summed E-state index contributed by atoms with van der Waals surface area (Å²) in [5.41, 5.74) is -1.18. The van der Waals surface area contributed by atoms with E-state index in [4.69, 9.17) is 9.15 Å². The lowest BCUT2D eigenvalue weighted by molar-refractivity contribution is -0.140. The molecule has 0 unspecified atom stereocenters. The van der Waals surface area contributed by atoms with Crippen LogP contribution in [0.4, 0.5) is 13.2 Å². The van der Waals surface area contributed by atoms with E-state index in [0.717, 1.165) is 0 Å². The lowest BCUT2D eigenvalue weighted by atomic mass is 10.1. The van der Waals surface area contributed by atoms with Crippen LogP contribution in [0.2, 0.25) is 0 Å². The van der Waals surface area contributed by atoms with E-state index in [1.54, 1.807) is 25.1 Å². The van der Waals surface area contributed by atoms with Crippen molar-refractivity contribution in [1.29, 1.82) is 0 Å². The van der Waals surface area contributed by atoms with Crippen molar-refractivity contribution in [2.45, 2.75) is 13.1 Å². The first-order chi connectivity index (χ1) is 15.3. The van der Waals surface area contributed by atoms with Crippen LogP contribution in [0.25, 0.3) is 39.3 Å². The van der Waals surface area contributed by atoms with E-state index < -0.39 is 17.4 Å². The normalized spacial score (nSPS) is 12.0. The molecule has 0 saturated carbocycles. The van der Waals surface area contributed by atoms with Gasteiger partial charge in [0.1, 0.15) is 11.2 Å². The molecule has 1 aromatic carbocycles. The average Bonchev–Trinajstić information content (AvgIpc) is 3.36. The van der Waals surface area contributed by atoms with E-state index in [2.05, 4.69) is 20.1 Å². The Labute approximate surface area is 177 Å². The number of aromatic amines is 1. The number of oxazole rings is 1. The summed E-state index contributed by atoms with van der Waals surface area (Å²) in [6, 6.07) is 7.95. The molecule has 0 saturated heterocycles. The molecular weight excluding hydrogens is 427 g/mol. The summed E-state index contributed by atoms with van der Waals surface area (Å²) in [5.74, 6) is 0.245. The second-order valence-electron chi connectivity index (χ2n) is 6.99. The van der Waals surface area contributed by atoms with Gasteiger partial charge >= 0.3 is 6.18 Å². The minimum atomic E-state index is -4.78. The van der Waals surface area contributed by atoms with E-state index in [0.29, 0.717) is 15.8 Å². The molecule has 5 aromatic rings. The standard InChI is InChI=1S/C21H14F3N5O3/c1-10-14(19-27-16-12(31-2)8-25-9-13(16)32-19)20(30)29-18(26-10)15(11-6-4-3-5-7-11)17(28-29)21(22,23)24/h3-9,26H,1-2H3.